The van der Waals surface area contributed by atoms with Crippen molar-refractivity contribution in [1.82, 2.24) is 0 Å². The Bertz CT molecular complexity index is 698. The van der Waals surface area contributed by atoms with Crippen molar-refractivity contribution < 1.29 is 17.9 Å². The van der Waals surface area contributed by atoms with E-state index in [9.17, 15) is 13.2 Å². The van der Waals surface area contributed by atoms with E-state index in [1.807, 2.05) is 0 Å². The normalized spacial score (nSPS) is 17.5. The summed E-state index contributed by atoms with van der Waals surface area (Å²) in [4.78, 5) is 5.25. The van der Waals surface area contributed by atoms with Gasteiger partial charge in [-0.1, -0.05) is 6.07 Å². The van der Waals surface area contributed by atoms with Crippen LogP contribution in [0.3, 0.4) is 0 Å². The summed E-state index contributed by atoms with van der Waals surface area (Å²) in [6, 6.07) is 9.75. The van der Waals surface area contributed by atoms with E-state index in [-0.39, 0.29) is 23.3 Å². The highest BCUT2D eigenvalue weighted by Gasteiger charge is 2.22. The molecule has 23 heavy (non-hydrogen) atoms. The summed E-state index contributed by atoms with van der Waals surface area (Å²) in [5.74, 6) is -1.01. The summed E-state index contributed by atoms with van der Waals surface area (Å²) < 4.78 is 45.8. The molecule has 0 spiro atoms. The average Bonchev–Trinajstić information content (AvgIpc) is 2.55. The van der Waals surface area contributed by atoms with Crippen LogP contribution in [-0.2, 0) is 4.74 Å². The van der Waals surface area contributed by atoms with Crippen molar-refractivity contribution >= 4 is 17.7 Å². The highest BCUT2D eigenvalue weighted by molar-refractivity contribution is 7.99. The molecule has 1 aliphatic rings. The van der Waals surface area contributed by atoms with Crippen molar-refractivity contribution in [2.45, 2.75) is 17.4 Å². The van der Waals surface area contributed by atoms with Crippen LogP contribution in [0.15, 0.2) is 52.4 Å². The van der Waals surface area contributed by atoms with Crippen LogP contribution in [0.25, 0.3) is 0 Å². The fourth-order valence-electron chi connectivity index (χ4n) is 2.24. The molecule has 0 amide bonds. The average molecular weight is 337 g/mol. The summed E-state index contributed by atoms with van der Waals surface area (Å²) in [5, 5.41) is 0. The molecule has 0 N–H and O–H groups in total. The van der Waals surface area contributed by atoms with E-state index >= 15 is 0 Å². The Morgan fingerprint density at radius 1 is 1.04 bits per heavy atom. The molecule has 1 atom stereocenters. The maximum atomic E-state index is 13.8. The number of thioether (sulfide) groups is 1. The van der Waals surface area contributed by atoms with Gasteiger partial charge in [0.05, 0.1) is 12.6 Å². The van der Waals surface area contributed by atoms with Gasteiger partial charge < -0.3 is 4.74 Å². The van der Waals surface area contributed by atoms with Crippen molar-refractivity contribution in [3.05, 3.63) is 65.5 Å². The molecule has 0 saturated carbocycles. The van der Waals surface area contributed by atoms with Crippen LogP contribution in [0.5, 0.6) is 0 Å². The number of benzene rings is 2. The Morgan fingerprint density at radius 3 is 2.43 bits per heavy atom. The molecule has 2 aromatic carbocycles. The second-order valence-electron chi connectivity index (χ2n) is 5.09. The summed E-state index contributed by atoms with van der Waals surface area (Å²) in [7, 11) is 0. The SMILES string of the molecule is Fc1ccc(SCC2CCOC(c3c(F)cccc3F)=N2)cc1. The van der Waals surface area contributed by atoms with Crippen molar-refractivity contribution in [2.75, 3.05) is 12.4 Å². The van der Waals surface area contributed by atoms with Crippen LogP contribution in [0, 0.1) is 17.5 Å². The van der Waals surface area contributed by atoms with Gasteiger partial charge in [0.25, 0.3) is 0 Å². The number of rotatable bonds is 4. The van der Waals surface area contributed by atoms with Gasteiger partial charge in [0, 0.05) is 17.1 Å². The van der Waals surface area contributed by atoms with Gasteiger partial charge in [-0.3, -0.25) is 0 Å². The van der Waals surface area contributed by atoms with Gasteiger partial charge in [-0.25, -0.2) is 18.2 Å². The molecule has 3 rings (SSSR count). The molecule has 6 heteroatoms. The van der Waals surface area contributed by atoms with Crippen molar-refractivity contribution in [1.29, 1.82) is 0 Å². The standard InChI is InChI=1S/C17H14F3NOS/c18-11-4-6-13(7-5-11)23-10-12-8-9-22-17(21-12)16-14(19)2-1-3-15(16)20/h1-7,12H,8-10H2. The molecule has 120 valence electrons. The zero-order valence-electron chi connectivity index (χ0n) is 12.1. The highest BCUT2D eigenvalue weighted by atomic mass is 32.2. The fourth-order valence-corrected chi connectivity index (χ4v) is 3.20. The molecule has 0 aromatic heterocycles. The van der Waals surface area contributed by atoms with E-state index in [1.165, 1.54) is 42.1 Å². The third kappa shape index (κ3) is 3.88. The van der Waals surface area contributed by atoms with Crippen molar-refractivity contribution in [3.63, 3.8) is 0 Å². The quantitative estimate of drug-likeness (QED) is 0.770. The Labute approximate surface area is 136 Å². The molecular weight excluding hydrogens is 323 g/mol. The first-order valence-corrected chi connectivity index (χ1v) is 8.15. The summed E-state index contributed by atoms with van der Waals surface area (Å²) in [6.07, 6.45) is 0.674. The molecule has 0 fully saturated rings. The lowest BCUT2D eigenvalue weighted by Gasteiger charge is -2.21. The predicted molar refractivity (Wildman–Crippen MR) is 84.4 cm³/mol. The van der Waals surface area contributed by atoms with Crippen molar-refractivity contribution in [2.24, 2.45) is 4.99 Å². The van der Waals surface area contributed by atoms with Gasteiger partial charge in [0.15, 0.2) is 0 Å². The number of halogens is 3. The van der Waals surface area contributed by atoms with Crippen LogP contribution < -0.4 is 0 Å². The Balaban J connectivity index is 1.73. The Morgan fingerprint density at radius 2 is 1.74 bits per heavy atom. The third-order valence-corrected chi connectivity index (χ3v) is 4.58. The zero-order chi connectivity index (χ0) is 16.2. The molecule has 0 radical (unpaired) electrons. The van der Waals surface area contributed by atoms with Gasteiger partial charge in [-0.15, -0.1) is 11.8 Å². The highest BCUT2D eigenvalue weighted by Crippen LogP contribution is 2.24. The first kappa shape index (κ1) is 15.9. The van der Waals surface area contributed by atoms with Gasteiger partial charge in [-0.2, -0.15) is 0 Å². The molecular formula is C17H14F3NOS. The molecule has 0 bridgehead atoms. The molecule has 1 unspecified atom stereocenters. The number of aliphatic imine (C=N–C) groups is 1. The second kappa shape index (κ2) is 7.08. The Kier molecular flexibility index (Phi) is 4.91. The van der Waals surface area contributed by atoms with E-state index in [2.05, 4.69) is 4.99 Å². The van der Waals surface area contributed by atoms with Crippen LogP contribution in [-0.4, -0.2) is 24.3 Å². The first-order chi connectivity index (χ1) is 11.1. The number of hydrogen-bond acceptors (Lipinski definition) is 3. The number of nitrogens with zero attached hydrogens (tertiary/aromatic N) is 1. The summed E-state index contributed by atoms with van der Waals surface area (Å²) in [6.45, 7) is 0.362. The van der Waals surface area contributed by atoms with Crippen LogP contribution >= 0.6 is 11.8 Å². The van der Waals surface area contributed by atoms with Crippen molar-refractivity contribution in [3.8, 4) is 0 Å². The minimum Gasteiger partial charge on any atom is -0.477 e. The predicted octanol–water partition coefficient (Wildman–Crippen LogP) is 4.43. The van der Waals surface area contributed by atoms with E-state index in [0.29, 0.717) is 18.8 Å². The van der Waals surface area contributed by atoms with Crippen LogP contribution in [0.1, 0.15) is 12.0 Å². The van der Waals surface area contributed by atoms with E-state index in [0.717, 1.165) is 4.90 Å². The minimum absolute atomic E-state index is 0.0107. The monoisotopic (exact) mass is 337 g/mol. The van der Waals surface area contributed by atoms with Crippen LogP contribution in [0.4, 0.5) is 13.2 Å². The lowest BCUT2D eigenvalue weighted by atomic mass is 10.1. The molecule has 1 heterocycles. The smallest absolute Gasteiger partial charge is 0.222 e. The number of hydrogen-bond donors (Lipinski definition) is 0. The maximum absolute atomic E-state index is 13.8. The maximum Gasteiger partial charge on any atom is 0.222 e. The minimum atomic E-state index is -0.685. The zero-order valence-corrected chi connectivity index (χ0v) is 13.0. The van der Waals surface area contributed by atoms with Gasteiger partial charge in [0.1, 0.15) is 23.0 Å². The van der Waals surface area contributed by atoms with E-state index in [1.54, 1.807) is 12.1 Å². The first-order valence-electron chi connectivity index (χ1n) is 7.17. The summed E-state index contributed by atoms with van der Waals surface area (Å²) in [5.41, 5.74) is -0.219. The molecule has 2 aromatic rings. The lowest BCUT2D eigenvalue weighted by molar-refractivity contribution is 0.264. The summed E-state index contributed by atoms with van der Waals surface area (Å²) >= 11 is 1.52. The topological polar surface area (TPSA) is 21.6 Å². The van der Waals surface area contributed by atoms with E-state index in [4.69, 9.17) is 4.74 Å². The molecule has 2 nitrogen and oxygen atoms in total. The van der Waals surface area contributed by atoms with Gasteiger partial charge >= 0.3 is 0 Å². The third-order valence-electron chi connectivity index (χ3n) is 3.42. The Hall–Kier alpha value is -1.95. The number of ether oxygens (including phenoxy) is 1. The van der Waals surface area contributed by atoms with Crippen LogP contribution in [0.2, 0.25) is 0 Å². The van der Waals surface area contributed by atoms with Gasteiger partial charge in [-0.05, 0) is 36.4 Å². The van der Waals surface area contributed by atoms with Gasteiger partial charge in [0.2, 0.25) is 5.90 Å². The molecule has 1 aliphatic heterocycles. The lowest BCUT2D eigenvalue weighted by Crippen LogP contribution is -2.25. The van der Waals surface area contributed by atoms with E-state index < -0.39 is 11.6 Å². The largest absolute Gasteiger partial charge is 0.477 e. The fraction of sp³-hybridized carbons (Fsp3) is 0.235. The second-order valence-corrected chi connectivity index (χ2v) is 6.18. The molecule has 0 saturated heterocycles. The molecule has 0 aliphatic carbocycles.